The van der Waals surface area contributed by atoms with Gasteiger partial charge in [-0.2, -0.15) is 0 Å². The first kappa shape index (κ1) is 15.3. The van der Waals surface area contributed by atoms with Crippen LogP contribution in [0.2, 0.25) is 0 Å². The molecule has 0 saturated heterocycles. The second-order valence-electron chi connectivity index (χ2n) is 4.60. The number of carbonyl (C=O) groups excluding carboxylic acids is 2. The maximum atomic E-state index is 12.1. The van der Waals surface area contributed by atoms with Crippen molar-refractivity contribution in [1.29, 1.82) is 0 Å². The molecular formula is C15H15BrN2O3. The molecule has 2 rings (SSSR count). The molecule has 1 heterocycles. The molecule has 0 aliphatic rings. The van der Waals surface area contributed by atoms with Crippen molar-refractivity contribution in [1.82, 2.24) is 4.90 Å². The van der Waals surface area contributed by atoms with Gasteiger partial charge in [-0.15, -0.1) is 0 Å². The lowest BCUT2D eigenvalue weighted by molar-refractivity contribution is -0.116. The fourth-order valence-electron chi connectivity index (χ4n) is 1.78. The Morgan fingerprint density at radius 1 is 1.24 bits per heavy atom. The molecule has 5 nitrogen and oxygen atoms in total. The Morgan fingerprint density at radius 3 is 2.57 bits per heavy atom. The molecule has 0 atom stereocenters. The van der Waals surface area contributed by atoms with Gasteiger partial charge in [-0.25, -0.2) is 0 Å². The standard InChI is InChI=1S/C15H15BrN2O3/c1-10-7-8-13(21-10)15(20)18(2)9-14(19)17-12-6-4-3-5-11(12)16/h3-8H,9H2,1-2H3,(H,17,19). The average Bonchev–Trinajstić information content (AvgIpc) is 2.87. The van der Waals surface area contributed by atoms with Crippen LogP contribution in [0, 0.1) is 6.92 Å². The van der Waals surface area contributed by atoms with Gasteiger partial charge in [-0.05, 0) is 47.1 Å². The summed E-state index contributed by atoms with van der Waals surface area (Å²) in [5.41, 5.74) is 0.664. The number of anilines is 1. The number of amides is 2. The molecular weight excluding hydrogens is 336 g/mol. The van der Waals surface area contributed by atoms with E-state index < -0.39 is 0 Å². The first-order valence-electron chi connectivity index (χ1n) is 6.33. The SMILES string of the molecule is Cc1ccc(C(=O)N(C)CC(=O)Nc2ccccc2Br)o1. The van der Waals surface area contributed by atoms with Crippen LogP contribution >= 0.6 is 15.9 Å². The number of benzene rings is 1. The highest BCUT2D eigenvalue weighted by Gasteiger charge is 2.18. The van der Waals surface area contributed by atoms with Gasteiger partial charge in [0.15, 0.2) is 5.76 Å². The highest BCUT2D eigenvalue weighted by Crippen LogP contribution is 2.21. The van der Waals surface area contributed by atoms with E-state index in [9.17, 15) is 9.59 Å². The van der Waals surface area contributed by atoms with Gasteiger partial charge in [-0.1, -0.05) is 12.1 Å². The van der Waals surface area contributed by atoms with E-state index in [1.54, 1.807) is 32.2 Å². The van der Waals surface area contributed by atoms with Gasteiger partial charge >= 0.3 is 0 Å². The number of likely N-dealkylation sites (N-methyl/N-ethyl adjacent to an activating group) is 1. The van der Waals surface area contributed by atoms with Crippen LogP contribution in [0.4, 0.5) is 5.69 Å². The molecule has 0 saturated carbocycles. The first-order valence-corrected chi connectivity index (χ1v) is 7.13. The predicted octanol–water partition coefficient (Wildman–Crippen LogP) is 3.06. The maximum Gasteiger partial charge on any atom is 0.289 e. The van der Waals surface area contributed by atoms with Crippen LogP contribution in [0.15, 0.2) is 45.3 Å². The predicted molar refractivity (Wildman–Crippen MR) is 83.2 cm³/mol. The lowest BCUT2D eigenvalue weighted by Crippen LogP contribution is -2.34. The number of rotatable bonds is 4. The summed E-state index contributed by atoms with van der Waals surface area (Å²) in [6.07, 6.45) is 0. The Kier molecular flexibility index (Phi) is 4.80. The number of nitrogens with one attached hydrogen (secondary N) is 1. The second kappa shape index (κ2) is 6.58. The lowest BCUT2D eigenvalue weighted by atomic mass is 10.3. The molecule has 0 radical (unpaired) electrons. The average molecular weight is 351 g/mol. The zero-order valence-corrected chi connectivity index (χ0v) is 13.3. The number of carbonyl (C=O) groups is 2. The van der Waals surface area contributed by atoms with E-state index in [2.05, 4.69) is 21.2 Å². The minimum atomic E-state index is -0.328. The van der Waals surface area contributed by atoms with Gasteiger partial charge in [0.05, 0.1) is 12.2 Å². The number of nitrogens with zero attached hydrogens (tertiary/aromatic N) is 1. The van der Waals surface area contributed by atoms with Crippen molar-refractivity contribution in [3.63, 3.8) is 0 Å². The normalized spacial score (nSPS) is 10.2. The minimum absolute atomic E-state index is 0.0556. The smallest absolute Gasteiger partial charge is 0.289 e. The van der Waals surface area contributed by atoms with E-state index in [-0.39, 0.29) is 24.1 Å². The van der Waals surface area contributed by atoms with Crippen LogP contribution in [0.5, 0.6) is 0 Å². The maximum absolute atomic E-state index is 12.1. The van der Waals surface area contributed by atoms with Crippen molar-refractivity contribution < 1.29 is 14.0 Å². The molecule has 1 aromatic carbocycles. The number of hydrogen-bond acceptors (Lipinski definition) is 3. The first-order chi connectivity index (χ1) is 9.97. The van der Waals surface area contributed by atoms with E-state index >= 15 is 0 Å². The molecule has 0 aliphatic heterocycles. The van der Waals surface area contributed by atoms with Gasteiger partial charge < -0.3 is 14.6 Å². The van der Waals surface area contributed by atoms with Gasteiger partial charge in [0.25, 0.3) is 5.91 Å². The Balaban J connectivity index is 1.96. The summed E-state index contributed by atoms with van der Waals surface area (Å²) in [7, 11) is 1.56. The highest BCUT2D eigenvalue weighted by molar-refractivity contribution is 9.10. The van der Waals surface area contributed by atoms with Crippen LogP contribution in [-0.4, -0.2) is 30.3 Å². The van der Waals surface area contributed by atoms with E-state index in [4.69, 9.17) is 4.42 Å². The van der Waals surface area contributed by atoms with Crippen molar-refractivity contribution in [3.05, 3.63) is 52.4 Å². The molecule has 0 spiro atoms. The Labute approximate surface area is 131 Å². The topological polar surface area (TPSA) is 62.6 Å². The van der Waals surface area contributed by atoms with Crippen LogP contribution in [0.25, 0.3) is 0 Å². The third-order valence-electron chi connectivity index (χ3n) is 2.83. The largest absolute Gasteiger partial charge is 0.456 e. The molecule has 0 unspecified atom stereocenters. The van der Waals surface area contributed by atoms with Crippen LogP contribution in [0.1, 0.15) is 16.3 Å². The summed E-state index contributed by atoms with van der Waals surface area (Å²) in [6.45, 7) is 1.70. The van der Waals surface area contributed by atoms with E-state index in [1.165, 1.54) is 4.90 Å². The summed E-state index contributed by atoms with van der Waals surface area (Å²) in [5.74, 6) is 0.277. The van der Waals surface area contributed by atoms with Gasteiger partial charge in [0, 0.05) is 11.5 Å². The zero-order valence-electron chi connectivity index (χ0n) is 11.7. The highest BCUT2D eigenvalue weighted by atomic mass is 79.9. The molecule has 21 heavy (non-hydrogen) atoms. The Hall–Kier alpha value is -2.08. The van der Waals surface area contributed by atoms with Crippen LogP contribution in [-0.2, 0) is 4.79 Å². The zero-order chi connectivity index (χ0) is 15.4. The van der Waals surface area contributed by atoms with E-state index in [1.807, 2.05) is 18.2 Å². The number of halogens is 1. The minimum Gasteiger partial charge on any atom is -0.456 e. The molecule has 110 valence electrons. The summed E-state index contributed by atoms with van der Waals surface area (Å²) >= 11 is 3.35. The van der Waals surface area contributed by atoms with Gasteiger partial charge in [0.1, 0.15) is 5.76 Å². The molecule has 2 aromatic rings. The van der Waals surface area contributed by atoms with E-state index in [0.717, 1.165) is 4.47 Å². The Morgan fingerprint density at radius 2 is 1.95 bits per heavy atom. The van der Waals surface area contributed by atoms with Crippen molar-refractivity contribution >= 4 is 33.4 Å². The number of hydrogen-bond donors (Lipinski definition) is 1. The third kappa shape index (κ3) is 3.95. The quantitative estimate of drug-likeness (QED) is 0.921. The molecule has 0 fully saturated rings. The molecule has 0 bridgehead atoms. The fraction of sp³-hybridized carbons (Fsp3) is 0.200. The monoisotopic (exact) mass is 350 g/mol. The number of furan rings is 1. The molecule has 0 aliphatic carbocycles. The van der Waals surface area contributed by atoms with Crippen LogP contribution in [0.3, 0.4) is 0 Å². The number of aryl methyl sites for hydroxylation is 1. The van der Waals surface area contributed by atoms with Crippen molar-refractivity contribution in [2.75, 3.05) is 18.9 Å². The summed E-state index contributed by atoms with van der Waals surface area (Å²) in [5, 5.41) is 2.74. The molecule has 6 heteroatoms. The van der Waals surface area contributed by atoms with E-state index in [0.29, 0.717) is 11.4 Å². The summed E-state index contributed by atoms with van der Waals surface area (Å²) < 4.78 is 6.04. The van der Waals surface area contributed by atoms with Gasteiger partial charge in [-0.3, -0.25) is 9.59 Å². The molecule has 2 amide bonds. The fourth-order valence-corrected chi connectivity index (χ4v) is 2.16. The summed E-state index contributed by atoms with van der Waals surface area (Å²) in [6, 6.07) is 10.6. The third-order valence-corrected chi connectivity index (χ3v) is 3.52. The molecule has 1 N–H and O–H groups in total. The van der Waals surface area contributed by atoms with Crippen LogP contribution < -0.4 is 5.32 Å². The summed E-state index contributed by atoms with van der Waals surface area (Å²) in [4.78, 5) is 25.3. The van der Waals surface area contributed by atoms with Crippen molar-refractivity contribution in [2.24, 2.45) is 0 Å². The van der Waals surface area contributed by atoms with Gasteiger partial charge in [0.2, 0.25) is 5.91 Å². The second-order valence-corrected chi connectivity index (χ2v) is 5.45. The van der Waals surface area contributed by atoms with Crippen molar-refractivity contribution in [2.45, 2.75) is 6.92 Å². The number of para-hydroxylation sites is 1. The van der Waals surface area contributed by atoms with Crippen molar-refractivity contribution in [3.8, 4) is 0 Å². The molecule has 1 aromatic heterocycles. The Bertz CT molecular complexity index is 666. The lowest BCUT2D eigenvalue weighted by Gasteiger charge is -2.15.